The zero-order chi connectivity index (χ0) is 15.0. The molecule has 1 aromatic rings. The van der Waals surface area contributed by atoms with Crippen molar-refractivity contribution < 1.29 is 19.2 Å². The number of nitrogens with zero attached hydrogens (tertiary/aromatic N) is 2. The van der Waals surface area contributed by atoms with E-state index in [1.165, 1.54) is 30.4 Å². The van der Waals surface area contributed by atoms with Crippen LogP contribution in [0.2, 0.25) is 0 Å². The van der Waals surface area contributed by atoms with E-state index in [1.54, 1.807) is 18.2 Å². The molecule has 2 heterocycles. The second-order valence-corrected chi connectivity index (χ2v) is 4.54. The predicted molar refractivity (Wildman–Crippen MR) is 74.3 cm³/mol. The fourth-order valence-corrected chi connectivity index (χ4v) is 2.25. The first-order chi connectivity index (χ1) is 10.1. The molecule has 0 unspecified atom stereocenters. The van der Waals surface area contributed by atoms with Crippen molar-refractivity contribution in [3.05, 3.63) is 48.6 Å². The Morgan fingerprint density at radius 1 is 0.762 bits per heavy atom. The van der Waals surface area contributed by atoms with Crippen molar-refractivity contribution in [3.8, 4) is 0 Å². The van der Waals surface area contributed by atoms with E-state index in [2.05, 4.69) is 0 Å². The van der Waals surface area contributed by atoms with Gasteiger partial charge in [0.1, 0.15) is 0 Å². The van der Waals surface area contributed by atoms with Crippen LogP contribution in [0.25, 0.3) is 0 Å². The van der Waals surface area contributed by atoms with E-state index in [0.29, 0.717) is 11.4 Å². The Hall–Kier alpha value is -3.02. The van der Waals surface area contributed by atoms with Crippen LogP contribution in [-0.4, -0.2) is 23.6 Å². The lowest BCUT2D eigenvalue weighted by atomic mass is 10.1. The minimum absolute atomic E-state index is 0.138. The lowest BCUT2D eigenvalue weighted by molar-refractivity contribution is -0.124. The Morgan fingerprint density at radius 2 is 1.33 bits per heavy atom. The van der Waals surface area contributed by atoms with Crippen LogP contribution in [-0.2, 0) is 19.2 Å². The van der Waals surface area contributed by atoms with Crippen molar-refractivity contribution in [2.45, 2.75) is 6.42 Å². The van der Waals surface area contributed by atoms with Gasteiger partial charge in [0.2, 0.25) is 5.91 Å². The third-order valence-corrected chi connectivity index (χ3v) is 3.18. The second kappa shape index (κ2) is 4.82. The van der Waals surface area contributed by atoms with Gasteiger partial charge in [-0.2, -0.15) is 0 Å². The van der Waals surface area contributed by atoms with Gasteiger partial charge in [0.05, 0.1) is 11.4 Å². The first-order valence-electron chi connectivity index (χ1n) is 6.27. The van der Waals surface area contributed by atoms with E-state index in [-0.39, 0.29) is 12.3 Å². The van der Waals surface area contributed by atoms with Gasteiger partial charge >= 0.3 is 0 Å². The summed E-state index contributed by atoms with van der Waals surface area (Å²) in [5, 5.41) is 0. The van der Waals surface area contributed by atoms with Gasteiger partial charge in [-0.15, -0.1) is 0 Å². The summed E-state index contributed by atoms with van der Waals surface area (Å²) in [6.45, 7) is 0. The van der Waals surface area contributed by atoms with Crippen molar-refractivity contribution in [2.24, 2.45) is 0 Å². The molecule has 0 radical (unpaired) electrons. The maximum Gasteiger partial charge on any atom is 0.258 e. The number of carbonyl (C=O) groups is 4. The van der Waals surface area contributed by atoms with Gasteiger partial charge in [0, 0.05) is 24.6 Å². The van der Waals surface area contributed by atoms with E-state index in [0.717, 1.165) is 9.80 Å². The molecule has 6 heteroatoms. The van der Waals surface area contributed by atoms with Gasteiger partial charge in [0.15, 0.2) is 0 Å². The molecule has 0 fully saturated rings. The van der Waals surface area contributed by atoms with Crippen LogP contribution in [0.3, 0.4) is 0 Å². The molecule has 104 valence electrons. The summed E-state index contributed by atoms with van der Waals surface area (Å²) < 4.78 is 0. The predicted octanol–water partition coefficient (Wildman–Crippen LogP) is 0.935. The average molecular weight is 282 g/mol. The number of hydrogen-bond donors (Lipinski definition) is 0. The van der Waals surface area contributed by atoms with E-state index < -0.39 is 17.7 Å². The zero-order valence-electron chi connectivity index (χ0n) is 10.9. The summed E-state index contributed by atoms with van der Waals surface area (Å²) >= 11 is 0. The minimum atomic E-state index is -0.451. The molecule has 2 aliphatic heterocycles. The number of benzene rings is 1. The van der Waals surface area contributed by atoms with Crippen LogP contribution in [0.5, 0.6) is 0 Å². The van der Waals surface area contributed by atoms with E-state index in [1.807, 2.05) is 0 Å². The molecule has 0 spiro atoms. The monoisotopic (exact) mass is 282 g/mol. The molecule has 4 amide bonds. The molecular formula is C15H10N2O4. The van der Waals surface area contributed by atoms with Crippen LogP contribution in [0.4, 0.5) is 11.4 Å². The fraction of sp³-hybridized carbons (Fsp3) is 0.0667. The topological polar surface area (TPSA) is 74.8 Å². The summed E-state index contributed by atoms with van der Waals surface area (Å²) in [5.41, 5.74) is 0.655. The van der Waals surface area contributed by atoms with E-state index >= 15 is 0 Å². The minimum Gasteiger partial charge on any atom is -0.274 e. The Bertz CT molecular complexity index is 715. The highest BCUT2D eigenvalue weighted by Crippen LogP contribution is 2.26. The summed E-state index contributed by atoms with van der Waals surface area (Å²) in [5.74, 6) is -1.70. The molecule has 6 nitrogen and oxygen atoms in total. The number of hydrogen-bond acceptors (Lipinski definition) is 4. The SMILES string of the molecule is O=C1C=CC(=O)N1c1cccc(N2C(=O)C=CCC2=O)c1. The average Bonchev–Trinajstić information content (AvgIpc) is 2.78. The molecular weight excluding hydrogens is 272 g/mol. The fourth-order valence-electron chi connectivity index (χ4n) is 2.25. The third-order valence-electron chi connectivity index (χ3n) is 3.18. The van der Waals surface area contributed by atoms with Gasteiger partial charge < -0.3 is 0 Å². The van der Waals surface area contributed by atoms with E-state index in [9.17, 15) is 19.2 Å². The maximum atomic E-state index is 11.9. The quantitative estimate of drug-likeness (QED) is 0.756. The van der Waals surface area contributed by atoms with Gasteiger partial charge in [-0.25, -0.2) is 9.80 Å². The normalized spacial score (nSPS) is 18.1. The first-order valence-corrected chi connectivity index (χ1v) is 6.27. The lowest BCUT2D eigenvalue weighted by Crippen LogP contribution is -2.38. The van der Waals surface area contributed by atoms with Crippen LogP contribution < -0.4 is 9.80 Å². The molecule has 0 bridgehead atoms. The Kier molecular flexibility index (Phi) is 2.98. The van der Waals surface area contributed by atoms with Gasteiger partial charge in [0.25, 0.3) is 17.7 Å². The number of amides is 4. The van der Waals surface area contributed by atoms with Crippen LogP contribution in [0.15, 0.2) is 48.6 Å². The summed E-state index contributed by atoms with van der Waals surface area (Å²) in [6.07, 6.45) is 5.31. The Morgan fingerprint density at radius 3 is 1.95 bits per heavy atom. The molecule has 0 N–H and O–H groups in total. The van der Waals surface area contributed by atoms with Gasteiger partial charge in [-0.1, -0.05) is 12.1 Å². The summed E-state index contributed by atoms with van der Waals surface area (Å²) in [6, 6.07) is 6.21. The lowest BCUT2D eigenvalue weighted by Gasteiger charge is -2.23. The number of imide groups is 2. The highest BCUT2D eigenvalue weighted by Gasteiger charge is 2.28. The van der Waals surface area contributed by atoms with Crippen LogP contribution in [0, 0.1) is 0 Å². The molecule has 0 saturated carbocycles. The van der Waals surface area contributed by atoms with Crippen molar-refractivity contribution >= 4 is 35.0 Å². The summed E-state index contributed by atoms with van der Waals surface area (Å²) in [4.78, 5) is 49.0. The Labute approximate surface area is 119 Å². The smallest absolute Gasteiger partial charge is 0.258 e. The molecule has 0 aromatic heterocycles. The van der Waals surface area contributed by atoms with Gasteiger partial charge in [-0.05, 0) is 18.2 Å². The molecule has 1 aromatic carbocycles. The third kappa shape index (κ3) is 2.16. The standard InChI is InChI=1S/C15H10N2O4/c18-12-5-2-6-13(19)16(12)10-3-1-4-11(9-10)17-14(20)7-8-15(17)21/h1-5,7-9H,6H2. The van der Waals surface area contributed by atoms with Crippen molar-refractivity contribution in [2.75, 3.05) is 9.80 Å². The first kappa shape index (κ1) is 13.0. The molecule has 2 aliphatic rings. The molecule has 0 saturated heterocycles. The highest BCUT2D eigenvalue weighted by atomic mass is 16.2. The zero-order valence-corrected chi connectivity index (χ0v) is 10.9. The van der Waals surface area contributed by atoms with Crippen molar-refractivity contribution in [3.63, 3.8) is 0 Å². The van der Waals surface area contributed by atoms with Crippen LogP contribution in [0.1, 0.15) is 6.42 Å². The second-order valence-electron chi connectivity index (χ2n) is 4.54. The van der Waals surface area contributed by atoms with Gasteiger partial charge in [-0.3, -0.25) is 19.2 Å². The molecule has 0 aliphatic carbocycles. The van der Waals surface area contributed by atoms with Crippen molar-refractivity contribution in [1.29, 1.82) is 0 Å². The number of carbonyl (C=O) groups excluding carboxylic acids is 4. The van der Waals surface area contributed by atoms with E-state index in [4.69, 9.17) is 0 Å². The van der Waals surface area contributed by atoms with Crippen molar-refractivity contribution in [1.82, 2.24) is 0 Å². The molecule has 3 rings (SSSR count). The highest BCUT2D eigenvalue weighted by molar-refractivity contribution is 6.28. The summed E-state index contributed by atoms with van der Waals surface area (Å²) in [7, 11) is 0. The molecule has 0 atom stereocenters. The van der Waals surface area contributed by atoms with Crippen LogP contribution >= 0.6 is 0 Å². The molecule has 21 heavy (non-hydrogen) atoms. The largest absolute Gasteiger partial charge is 0.274 e. The number of rotatable bonds is 2. The maximum absolute atomic E-state index is 11.9. The number of anilines is 2. The Balaban J connectivity index is 1.99.